The molecule has 0 bridgehead atoms. The molecule has 2 aliphatic rings. The highest BCUT2D eigenvalue weighted by Gasteiger charge is 2.32. The molecule has 1 saturated heterocycles. The number of hydrogen-bond acceptors (Lipinski definition) is 6. The molecular weight excluding hydrogens is 535 g/mol. The first-order valence-electron chi connectivity index (χ1n) is 13.6. The van der Waals surface area contributed by atoms with Crippen LogP contribution in [-0.2, 0) is 17.6 Å². The lowest BCUT2D eigenvalue weighted by molar-refractivity contribution is -0.128. The number of benzene rings is 2. The third-order valence-electron chi connectivity index (χ3n) is 7.87. The lowest BCUT2D eigenvalue weighted by atomic mass is 9.77. The second-order valence-electron chi connectivity index (χ2n) is 10.7. The maximum Gasteiger partial charge on any atom is 0.314 e. The molecule has 0 spiro atoms. The van der Waals surface area contributed by atoms with E-state index >= 15 is 4.39 Å². The van der Waals surface area contributed by atoms with E-state index < -0.39 is 23.9 Å². The third kappa shape index (κ3) is 5.55. The topological polar surface area (TPSA) is 116 Å². The molecule has 2 aromatic carbocycles. The van der Waals surface area contributed by atoms with Crippen LogP contribution >= 0.6 is 11.6 Å². The molecule has 1 unspecified atom stereocenters. The molecule has 11 heteroatoms. The van der Waals surface area contributed by atoms with Gasteiger partial charge in [0.25, 0.3) is 0 Å². The Kier molecular flexibility index (Phi) is 8.09. The number of hydrogen-bond donors (Lipinski definition) is 2. The molecule has 9 nitrogen and oxygen atoms in total. The first-order chi connectivity index (χ1) is 19.1. The lowest BCUT2D eigenvalue weighted by Crippen LogP contribution is -2.50. The van der Waals surface area contributed by atoms with Crippen molar-refractivity contribution in [2.45, 2.75) is 44.1 Å². The monoisotopic (exact) mass is 568 g/mol. The molecule has 1 fully saturated rings. The molecule has 5 rings (SSSR count). The second kappa shape index (κ2) is 11.5. The molecule has 3 aromatic rings. The molecule has 2 heterocycles. The number of carbonyl (C=O) groups excluding carboxylic acids is 2. The van der Waals surface area contributed by atoms with Crippen LogP contribution in [0.5, 0.6) is 0 Å². The van der Waals surface area contributed by atoms with Crippen LogP contribution < -0.4 is 10.6 Å². The molecule has 1 aromatic heterocycles. The lowest BCUT2D eigenvalue weighted by Gasteiger charge is -2.35. The molecule has 3 amide bonds. The fraction of sp³-hybridized carbons (Fsp3) is 0.448. The van der Waals surface area contributed by atoms with Gasteiger partial charge in [-0.1, -0.05) is 35.9 Å². The van der Waals surface area contributed by atoms with Crippen molar-refractivity contribution in [1.82, 2.24) is 19.8 Å². The van der Waals surface area contributed by atoms with Gasteiger partial charge in [-0.15, -0.1) is 0 Å². The van der Waals surface area contributed by atoms with Crippen molar-refractivity contribution in [3.63, 3.8) is 0 Å². The third-order valence-corrected chi connectivity index (χ3v) is 8.18. The van der Waals surface area contributed by atoms with Crippen LogP contribution in [0.3, 0.4) is 0 Å². The number of carbonyl (C=O) groups is 2. The standard InChI is InChI=1S/C29H34ClFN6O3/c1-35(2)24(39)9-5-8-23-33-27-21(28(34-23)36-10-12-37(13-11-36)29(32)40)16-22(30)25(26(27)31)20-15-18(38)14-17-6-3-4-7-19(17)20/h3-4,6-7,16,18,20,38H,5,8-15H2,1-2H3,(H2,32,40)/t18?,20-/m0/s1. The average molecular weight is 569 g/mol. The number of primary amides is 1. The highest BCUT2D eigenvalue weighted by atomic mass is 35.5. The SMILES string of the molecule is CN(C)C(=O)CCCc1nc(N2CCN(C(N)=O)CC2)c2cc(Cl)c([C@H]3CC(O)Cc4ccccc43)c(F)c2n1. The van der Waals surface area contributed by atoms with Crippen LogP contribution in [-0.4, -0.2) is 83.2 Å². The van der Waals surface area contributed by atoms with E-state index in [2.05, 4.69) is 4.98 Å². The molecule has 0 radical (unpaired) electrons. The molecule has 3 N–H and O–H groups in total. The van der Waals surface area contributed by atoms with E-state index in [1.807, 2.05) is 29.2 Å². The number of fused-ring (bicyclic) bond motifs is 2. The van der Waals surface area contributed by atoms with E-state index in [9.17, 15) is 14.7 Å². The minimum absolute atomic E-state index is 0.00152. The fourth-order valence-electron chi connectivity index (χ4n) is 5.74. The number of nitrogens with two attached hydrogens (primary N) is 1. The molecule has 212 valence electrons. The summed E-state index contributed by atoms with van der Waals surface area (Å²) >= 11 is 6.81. The number of halogens is 2. The fourth-order valence-corrected chi connectivity index (χ4v) is 6.07. The maximum atomic E-state index is 16.6. The number of aliphatic hydroxyl groups is 1. The first-order valence-corrected chi connectivity index (χ1v) is 14.0. The van der Waals surface area contributed by atoms with Gasteiger partial charge in [0.2, 0.25) is 5.91 Å². The van der Waals surface area contributed by atoms with Gasteiger partial charge in [0.15, 0.2) is 5.82 Å². The van der Waals surface area contributed by atoms with Crippen molar-refractivity contribution < 1.29 is 19.1 Å². The number of aliphatic hydroxyl groups excluding tert-OH is 1. The van der Waals surface area contributed by atoms with Gasteiger partial charge < -0.3 is 25.5 Å². The highest BCUT2D eigenvalue weighted by molar-refractivity contribution is 6.32. The largest absolute Gasteiger partial charge is 0.393 e. The smallest absolute Gasteiger partial charge is 0.314 e. The van der Waals surface area contributed by atoms with Gasteiger partial charge in [-0.25, -0.2) is 19.2 Å². The van der Waals surface area contributed by atoms with Crippen molar-refractivity contribution in [2.75, 3.05) is 45.2 Å². The maximum absolute atomic E-state index is 16.6. The number of nitrogens with zero attached hydrogens (tertiary/aromatic N) is 5. The second-order valence-corrected chi connectivity index (χ2v) is 11.2. The average Bonchev–Trinajstić information content (AvgIpc) is 2.93. The van der Waals surface area contributed by atoms with E-state index in [1.165, 1.54) is 4.90 Å². The zero-order valence-corrected chi connectivity index (χ0v) is 23.5. The van der Waals surface area contributed by atoms with Crippen LogP contribution in [0.4, 0.5) is 15.0 Å². The number of rotatable bonds is 6. The van der Waals surface area contributed by atoms with Crippen LogP contribution in [0.1, 0.15) is 47.7 Å². The normalized spacial score (nSPS) is 19.0. The number of piperazine rings is 1. The molecule has 1 aliphatic heterocycles. The van der Waals surface area contributed by atoms with E-state index in [1.54, 1.807) is 25.1 Å². The van der Waals surface area contributed by atoms with Crippen molar-refractivity contribution in [2.24, 2.45) is 5.73 Å². The molecule has 40 heavy (non-hydrogen) atoms. The van der Waals surface area contributed by atoms with Crippen molar-refractivity contribution >= 4 is 40.3 Å². The van der Waals surface area contributed by atoms with Crippen LogP contribution in [0, 0.1) is 5.82 Å². The summed E-state index contributed by atoms with van der Waals surface area (Å²) in [4.78, 5) is 38.3. The summed E-state index contributed by atoms with van der Waals surface area (Å²) < 4.78 is 16.6. The first kappa shape index (κ1) is 28.0. The van der Waals surface area contributed by atoms with E-state index in [-0.39, 0.29) is 16.4 Å². The molecular formula is C29H34ClFN6O3. The predicted molar refractivity (Wildman–Crippen MR) is 152 cm³/mol. The Morgan fingerprint density at radius 1 is 1.18 bits per heavy atom. The summed E-state index contributed by atoms with van der Waals surface area (Å²) in [5, 5.41) is 11.4. The number of anilines is 1. The van der Waals surface area contributed by atoms with E-state index in [4.69, 9.17) is 22.3 Å². The quantitative estimate of drug-likeness (QED) is 0.470. The highest BCUT2D eigenvalue weighted by Crippen LogP contribution is 2.43. The Morgan fingerprint density at radius 3 is 2.60 bits per heavy atom. The van der Waals surface area contributed by atoms with Crippen LogP contribution in [0.15, 0.2) is 30.3 Å². The predicted octanol–water partition coefficient (Wildman–Crippen LogP) is 3.47. The van der Waals surface area contributed by atoms with Crippen molar-refractivity contribution in [1.29, 1.82) is 0 Å². The van der Waals surface area contributed by atoms with Gasteiger partial charge >= 0.3 is 6.03 Å². The summed E-state index contributed by atoms with van der Waals surface area (Å²) in [5.41, 5.74) is 7.87. The van der Waals surface area contributed by atoms with Gasteiger partial charge in [0.1, 0.15) is 17.2 Å². The van der Waals surface area contributed by atoms with Gasteiger partial charge in [-0.05, 0) is 36.5 Å². The van der Waals surface area contributed by atoms with Gasteiger partial charge in [0.05, 0.1) is 6.10 Å². The number of amides is 3. The number of aromatic nitrogens is 2. The van der Waals surface area contributed by atoms with Crippen molar-refractivity contribution in [3.05, 3.63) is 63.7 Å². The zero-order valence-electron chi connectivity index (χ0n) is 22.7. The van der Waals surface area contributed by atoms with Crippen LogP contribution in [0.2, 0.25) is 5.02 Å². The minimum Gasteiger partial charge on any atom is -0.393 e. The van der Waals surface area contributed by atoms with Gasteiger partial charge in [-0.2, -0.15) is 0 Å². The summed E-state index contributed by atoms with van der Waals surface area (Å²) in [5.74, 6) is 0.0254. The Morgan fingerprint density at radius 2 is 1.90 bits per heavy atom. The molecule has 0 saturated carbocycles. The Hall–Kier alpha value is -3.50. The van der Waals surface area contributed by atoms with E-state index in [0.29, 0.717) is 80.9 Å². The Labute approximate surface area is 237 Å². The summed E-state index contributed by atoms with van der Waals surface area (Å²) in [7, 11) is 3.42. The Bertz CT molecular complexity index is 1440. The molecule has 1 aliphatic carbocycles. The summed E-state index contributed by atoms with van der Waals surface area (Å²) in [6, 6.07) is 8.98. The zero-order chi connectivity index (χ0) is 28.6. The minimum atomic E-state index is -0.613. The number of aryl methyl sites for hydroxylation is 1. The van der Waals surface area contributed by atoms with Crippen molar-refractivity contribution in [3.8, 4) is 0 Å². The van der Waals surface area contributed by atoms with Crippen LogP contribution in [0.25, 0.3) is 10.9 Å². The number of urea groups is 1. The Balaban J connectivity index is 1.59. The summed E-state index contributed by atoms with van der Waals surface area (Å²) in [6.45, 7) is 1.77. The van der Waals surface area contributed by atoms with Gasteiger partial charge in [-0.3, -0.25) is 4.79 Å². The molecule has 2 atom stereocenters. The van der Waals surface area contributed by atoms with Gasteiger partial charge in [0, 0.05) is 75.0 Å². The van der Waals surface area contributed by atoms with E-state index in [0.717, 1.165) is 11.1 Å². The summed E-state index contributed by atoms with van der Waals surface area (Å²) in [6.07, 6.45) is 1.49.